The number of ether oxygens (including phenoxy) is 2. The molecule has 5 rings (SSSR count). The molecule has 0 fully saturated rings. The van der Waals surface area contributed by atoms with Gasteiger partial charge in [-0.1, -0.05) is 13.8 Å². The highest BCUT2D eigenvalue weighted by atomic mass is 32.1. The Bertz CT molecular complexity index is 1300. The van der Waals surface area contributed by atoms with Gasteiger partial charge >= 0.3 is 0 Å². The van der Waals surface area contributed by atoms with E-state index in [1.54, 1.807) is 31.8 Å². The normalized spacial score (nSPS) is 10.6. The molecule has 0 saturated heterocycles. The third-order valence-electron chi connectivity index (χ3n) is 4.59. The Hall–Kier alpha value is -3.65. The molecule has 0 bridgehead atoms. The van der Waals surface area contributed by atoms with E-state index < -0.39 is 0 Å². The summed E-state index contributed by atoms with van der Waals surface area (Å²) in [6.07, 6.45) is 5.53. The average molecular weight is 434 g/mol. The molecule has 0 spiro atoms. The van der Waals surface area contributed by atoms with Crippen molar-refractivity contribution in [3.63, 3.8) is 0 Å². The minimum atomic E-state index is 0.654. The fourth-order valence-electron chi connectivity index (χ4n) is 3.18. The van der Waals surface area contributed by atoms with Crippen LogP contribution in [-0.2, 0) is 0 Å². The second kappa shape index (κ2) is 9.01. The fraction of sp³-hybridized carbons (Fsp3) is 0.174. The third kappa shape index (κ3) is 4.02. The van der Waals surface area contributed by atoms with E-state index >= 15 is 0 Å². The Balaban J connectivity index is 0.00000112. The number of benzene rings is 1. The summed E-state index contributed by atoms with van der Waals surface area (Å²) in [6.45, 7) is 4.00. The number of rotatable bonds is 5. The maximum atomic E-state index is 5.37. The Labute approximate surface area is 184 Å². The van der Waals surface area contributed by atoms with Crippen LogP contribution in [0, 0.1) is 0 Å². The standard InChI is InChI=1S/C21H17N5O2S.C2H6/c1-27-16-4-3-14(10-17(16)28-2)24-20-5-6-21-23-12-15(26(21)25-20)19-9-13-11-22-8-7-18(13)29-19;1-2/h3-12H,1-2H3,(H,24,25);1-2H3. The van der Waals surface area contributed by atoms with Gasteiger partial charge in [0, 0.05) is 34.2 Å². The van der Waals surface area contributed by atoms with Gasteiger partial charge in [-0.2, -0.15) is 0 Å². The number of aromatic nitrogens is 4. The highest BCUT2D eigenvalue weighted by molar-refractivity contribution is 7.22. The van der Waals surface area contributed by atoms with Crippen LogP contribution in [0.15, 0.2) is 61.1 Å². The molecule has 158 valence electrons. The van der Waals surface area contributed by atoms with E-state index in [9.17, 15) is 0 Å². The predicted octanol–water partition coefficient (Wildman–Crippen LogP) is 5.79. The van der Waals surface area contributed by atoms with Gasteiger partial charge in [-0.05, 0) is 36.4 Å². The number of fused-ring (bicyclic) bond motifs is 2. The van der Waals surface area contributed by atoms with Gasteiger partial charge < -0.3 is 14.8 Å². The first-order valence-corrected chi connectivity index (χ1v) is 10.7. The monoisotopic (exact) mass is 433 g/mol. The molecule has 0 unspecified atom stereocenters. The zero-order valence-corrected chi connectivity index (χ0v) is 18.6. The van der Waals surface area contributed by atoms with Crippen molar-refractivity contribution in [3.8, 4) is 22.1 Å². The van der Waals surface area contributed by atoms with Crippen molar-refractivity contribution in [1.29, 1.82) is 0 Å². The molecule has 7 nitrogen and oxygen atoms in total. The van der Waals surface area contributed by atoms with Crippen LogP contribution in [0.5, 0.6) is 11.5 Å². The SMILES string of the molecule is CC.COc1ccc(Nc2ccc3ncc(-c4cc5cnccc5s4)n3n2)cc1OC. The molecule has 1 N–H and O–H groups in total. The molecule has 1 aromatic carbocycles. The predicted molar refractivity (Wildman–Crippen MR) is 126 cm³/mol. The second-order valence-corrected chi connectivity index (χ2v) is 7.43. The van der Waals surface area contributed by atoms with E-state index in [0.717, 1.165) is 27.3 Å². The minimum absolute atomic E-state index is 0.654. The number of anilines is 2. The van der Waals surface area contributed by atoms with Crippen LogP contribution in [0.4, 0.5) is 11.5 Å². The summed E-state index contributed by atoms with van der Waals surface area (Å²) in [4.78, 5) is 9.78. The van der Waals surface area contributed by atoms with Gasteiger partial charge in [-0.3, -0.25) is 4.98 Å². The first-order valence-electron chi connectivity index (χ1n) is 9.93. The van der Waals surface area contributed by atoms with Crippen LogP contribution >= 0.6 is 11.3 Å². The van der Waals surface area contributed by atoms with Crippen LogP contribution in [0.1, 0.15) is 13.8 Å². The highest BCUT2D eigenvalue weighted by Crippen LogP contribution is 2.34. The molecule has 0 aliphatic heterocycles. The Morgan fingerprint density at radius 2 is 1.77 bits per heavy atom. The molecule has 0 aliphatic rings. The smallest absolute Gasteiger partial charge is 0.162 e. The van der Waals surface area contributed by atoms with E-state index in [-0.39, 0.29) is 0 Å². The molecule has 0 aliphatic carbocycles. The molecular formula is C23H23N5O2S. The lowest BCUT2D eigenvalue weighted by atomic mass is 10.2. The average Bonchev–Trinajstić information content (AvgIpc) is 3.44. The molecule has 0 saturated carbocycles. The van der Waals surface area contributed by atoms with E-state index in [1.165, 1.54) is 4.70 Å². The van der Waals surface area contributed by atoms with E-state index in [4.69, 9.17) is 14.6 Å². The number of nitrogens with one attached hydrogen (secondary N) is 1. The third-order valence-corrected chi connectivity index (χ3v) is 5.73. The Morgan fingerprint density at radius 3 is 2.55 bits per heavy atom. The van der Waals surface area contributed by atoms with Crippen LogP contribution in [-0.4, -0.2) is 33.8 Å². The molecule has 0 radical (unpaired) electrons. The highest BCUT2D eigenvalue weighted by Gasteiger charge is 2.12. The van der Waals surface area contributed by atoms with Crippen LogP contribution in [0.3, 0.4) is 0 Å². The molecule has 0 amide bonds. The molecule has 31 heavy (non-hydrogen) atoms. The maximum absolute atomic E-state index is 5.37. The topological polar surface area (TPSA) is 73.6 Å². The summed E-state index contributed by atoms with van der Waals surface area (Å²) in [5.74, 6) is 2.03. The second-order valence-electron chi connectivity index (χ2n) is 6.35. The van der Waals surface area contributed by atoms with Crippen molar-refractivity contribution < 1.29 is 9.47 Å². The maximum Gasteiger partial charge on any atom is 0.162 e. The summed E-state index contributed by atoms with van der Waals surface area (Å²) in [5.41, 5.74) is 2.58. The van der Waals surface area contributed by atoms with Gasteiger partial charge in [0.05, 0.1) is 25.3 Å². The lowest BCUT2D eigenvalue weighted by Gasteiger charge is -2.11. The van der Waals surface area contributed by atoms with E-state index in [2.05, 4.69) is 21.4 Å². The molecule has 0 atom stereocenters. The largest absolute Gasteiger partial charge is 0.493 e. The van der Waals surface area contributed by atoms with Crippen molar-refractivity contribution in [2.45, 2.75) is 13.8 Å². The van der Waals surface area contributed by atoms with Crippen molar-refractivity contribution >= 4 is 38.6 Å². The van der Waals surface area contributed by atoms with Crippen LogP contribution in [0.25, 0.3) is 26.3 Å². The number of thiophene rings is 1. The van der Waals surface area contributed by atoms with Gasteiger partial charge in [0.25, 0.3) is 0 Å². The molecule has 5 aromatic rings. The molecular weight excluding hydrogens is 410 g/mol. The number of hydrogen-bond acceptors (Lipinski definition) is 7. The number of nitrogens with zero attached hydrogens (tertiary/aromatic N) is 4. The molecule has 8 heteroatoms. The van der Waals surface area contributed by atoms with Gasteiger partial charge in [-0.25, -0.2) is 9.50 Å². The minimum Gasteiger partial charge on any atom is -0.493 e. The number of pyridine rings is 1. The number of imidazole rings is 1. The lowest BCUT2D eigenvalue weighted by molar-refractivity contribution is 0.355. The van der Waals surface area contributed by atoms with Gasteiger partial charge in [-0.15, -0.1) is 16.4 Å². The van der Waals surface area contributed by atoms with Crippen LogP contribution < -0.4 is 14.8 Å². The first kappa shape index (κ1) is 20.6. The van der Waals surface area contributed by atoms with Gasteiger partial charge in [0.2, 0.25) is 0 Å². The zero-order valence-electron chi connectivity index (χ0n) is 17.8. The summed E-state index contributed by atoms with van der Waals surface area (Å²) < 4.78 is 13.7. The number of methoxy groups -OCH3 is 2. The molecule has 4 heterocycles. The quantitative estimate of drug-likeness (QED) is 0.378. The fourth-order valence-corrected chi connectivity index (χ4v) is 4.21. The molecule has 4 aromatic heterocycles. The summed E-state index contributed by atoms with van der Waals surface area (Å²) in [7, 11) is 3.23. The van der Waals surface area contributed by atoms with E-state index in [1.807, 2.05) is 67.2 Å². The van der Waals surface area contributed by atoms with Crippen LogP contribution in [0.2, 0.25) is 0 Å². The van der Waals surface area contributed by atoms with Crippen molar-refractivity contribution in [2.75, 3.05) is 19.5 Å². The van der Waals surface area contributed by atoms with Crippen molar-refractivity contribution in [3.05, 3.63) is 61.1 Å². The lowest BCUT2D eigenvalue weighted by Crippen LogP contribution is -2.00. The van der Waals surface area contributed by atoms with Crippen molar-refractivity contribution in [1.82, 2.24) is 19.6 Å². The van der Waals surface area contributed by atoms with Gasteiger partial charge in [0.15, 0.2) is 23.0 Å². The summed E-state index contributed by atoms with van der Waals surface area (Å²) >= 11 is 1.70. The summed E-state index contributed by atoms with van der Waals surface area (Å²) in [6, 6.07) is 13.6. The van der Waals surface area contributed by atoms with Gasteiger partial charge in [0.1, 0.15) is 5.69 Å². The summed E-state index contributed by atoms with van der Waals surface area (Å²) in [5, 5.41) is 9.17. The zero-order chi connectivity index (χ0) is 21.8. The van der Waals surface area contributed by atoms with E-state index in [0.29, 0.717) is 17.3 Å². The first-order chi connectivity index (χ1) is 15.2. The van der Waals surface area contributed by atoms with Crippen molar-refractivity contribution in [2.24, 2.45) is 0 Å². The Kier molecular flexibility index (Phi) is 5.99. The Morgan fingerprint density at radius 1 is 0.935 bits per heavy atom. The number of hydrogen-bond donors (Lipinski definition) is 1.